The van der Waals surface area contributed by atoms with Crippen molar-refractivity contribution in [3.8, 4) is 0 Å². The standard InChI is InChI=1S/C16H32N8O4.4ClH.2Sn/c25-13-14(26)23-11-7-19-3-4-20-8-12-24-16(28)15(27)22-10-6-18-2-1-17-5-9-21-13;;;;;;/h17-20H,1-12H2,(H,21,25)(H,22,27)(H,23,26)(H,24,28);4*1H;;/q;;;;;2*+2/p-4. The van der Waals surface area contributed by atoms with Gasteiger partial charge in [-0.25, -0.2) is 0 Å². The van der Waals surface area contributed by atoms with Gasteiger partial charge in [0.2, 0.25) is 0 Å². The molecule has 0 atom stereocenters. The summed E-state index contributed by atoms with van der Waals surface area (Å²) in [5.74, 6) is -2.58. The SMILES string of the molecule is O=C1NCCNCCNCCNC(=O)C(=O)NCCNCCNCCNC1=O.[Cl][Sn][Cl].[Cl][Sn][Cl]. The third kappa shape index (κ3) is 27.1. The zero-order valence-electron chi connectivity index (χ0n) is 18.6. The molecule has 0 aliphatic carbocycles. The van der Waals surface area contributed by atoms with Gasteiger partial charge in [-0.3, -0.25) is 19.2 Å². The van der Waals surface area contributed by atoms with E-state index in [1.165, 1.54) is 0 Å². The molecular formula is C16H32Cl4N8O4Sn2. The van der Waals surface area contributed by atoms with Crippen molar-refractivity contribution in [2.24, 2.45) is 0 Å². The van der Waals surface area contributed by atoms with E-state index in [4.69, 9.17) is 35.7 Å². The molecule has 0 unspecified atom stereocenters. The van der Waals surface area contributed by atoms with Gasteiger partial charge in [-0.05, 0) is 0 Å². The van der Waals surface area contributed by atoms with Gasteiger partial charge < -0.3 is 42.5 Å². The fourth-order valence-corrected chi connectivity index (χ4v) is 2.23. The minimum absolute atomic E-state index is 0.349. The van der Waals surface area contributed by atoms with Crippen molar-refractivity contribution in [3.63, 3.8) is 0 Å². The third-order valence-electron chi connectivity index (χ3n) is 3.72. The van der Waals surface area contributed by atoms with Crippen LogP contribution in [0, 0.1) is 0 Å². The normalized spacial score (nSPS) is 18.7. The molecular weight excluding hydrogens is 747 g/mol. The Morgan fingerprint density at radius 1 is 0.382 bits per heavy atom. The molecule has 1 aliphatic heterocycles. The van der Waals surface area contributed by atoms with Gasteiger partial charge in [0, 0.05) is 78.5 Å². The van der Waals surface area contributed by atoms with Crippen molar-refractivity contribution in [2.45, 2.75) is 0 Å². The van der Waals surface area contributed by atoms with Gasteiger partial charge in [0.1, 0.15) is 0 Å². The van der Waals surface area contributed by atoms with Crippen molar-refractivity contribution in [3.05, 3.63) is 0 Å². The molecule has 1 fully saturated rings. The Labute approximate surface area is 235 Å². The number of hydrogen-bond acceptors (Lipinski definition) is 8. The van der Waals surface area contributed by atoms with E-state index in [9.17, 15) is 19.2 Å². The number of rotatable bonds is 0. The predicted molar refractivity (Wildman–Crippen MR) is 138 cm³/mol. The van der Waals surface area contributed by atoms with Crippen LogP contribution in [-0.2, 0) is 19.2 Å². The molecule has 8 N–H and O–H groups in total. The van der Waals surface area contributed by atoms with E-state index >= 15 is 0 Å². The first-order valence-corrected chi connectivity index (χ1v) is 24.8. The van der Waals surface area contributed by atoms with Crippen molar-refractivity contribution in [1.29, 1.82) is 0 Å². The van der Waals surface area contributed by atoms with Crippen LogP contribution in [0.3, 0.4) is 0 Å². The van der Waals surface area contributed by atoms with E-state index in [-0.39, 0.29) is 0 Å². The summed E-state index contributed by atoms with van der Waals surface area (Å²) in [7, 11) is 19.7. The molecule has 1 heterocycles. The Hall–Kier alpha value is 0.477. The molecule has 0 aromatic carbocycles. The number of hydrogen-bond donors (Lipinski definition) is 8. The van der Waals surface area contributed by atoms with E-state index < -0.39 is 61.4 Å². The first-order chi connectivity index (χ1) is 16.4. The van der Waals surface area contributed by atoms with Crippen LogP contribution in [-0.4, -0.2) is 140 Å². The number of carbonyl (C=O) groups is 4. The summed E-state index contributed by atoms with van der Waals surface area (Å²) in [6.07, 6.45) is 0. The van der Waals surface area contributed by atoms with Crippen LogP contribution in [0.1, 0.15) is 0 Å². The van der Waals surface area contributed by atoms with Crippen LogP contribution in [0.15, 0.2) is 0 Å². The minimum atomic E-state index is -0.826. The molecule has 4 amide bonds. The van der Waals surface area contributed by atoms with Gasteiger partial charge in [-0.2, -0.15) is 0 Å². The Morgan fingerprint density at radius 3 is 0.706 bits per heavy atom. The Bertz CT molecular complexity index is 469. The molecule has 196 valence electrons. The van der Waals surface area contributed by atoms with Crippen LogP contribution < -0.4 is 42.5 Å². The molecule has 4 radical (unpaired) electrons. The number of nitrogens with one attached hydrogen (secondary N) is 8. The molecule has 18 heteroatoms. The van der Waals surface area contributed by atoms with Crippen LogP contribution in [0.25, 0.3) is 0 Å². The molecule has 0 saturated carbocycles. The third-order valence-corrected chi connectivity index (χ3v) is 3.72. The van der Waals surface area contributed by atoms with Gasteiger partial charge in [0.15, 0.2) is 0 Å². The first-order valence-electron chi connectivity index (χ1n) is 10.3. The molecule has 0 aromatic heterocycles. The molecule has 0 spiro atoms. The molecule has 0 aromatic rings. The van der Waals surface area contributed by atoms with Crippen LogP contribution in [0.5, 0.6) is 0 Å². The van der Waals surface area contributed by atoms with Crippen molar-refractivity contribution < 1.29 is 19.2 Å². The number of halogens is 4. The van der Waals surface area contributed by atoms with Crippen LogP contribution >= 0.6 is 35.7 Å². The van der Waals surface area contributed by atoms with Gasteiger partial charge in [0.25, 0.3) is 0 Å². The van der Waals surface area contributed by atoms with Crippen molar-refractivity contribution >= 4 is 97.1 Å². The monoisotopic (exact) mass is 780 g/mol. The molecule has 1 aliphatic rings. The Balaban J connectivity index is 0. The number of amides is 4. The predicted octanol–water partition coefficient (Wildman–Crippen LogP) is -3.18. The zero-order chi connectivity index (χ0) is 25.9. The molecule has 34 heavy (non-hydrogen) atoms. The van der Waals surface area contributed by atoms with Crippen molar-refractivity contribution in [2.75, 3.05) is 78.5 Å². The quantitative estimate of drug-likeness (QED) is 0.0944. The molecule has 1 rings (SSSR count). The van der Waals surface area contributed by atoms with Gasteiger partial charge in [-0.15, -0.1) is 0 Å². The molecule has 0 bridgehead atoms. The average Bonchev–Trinajstić information content (AvgIpc) is 2.81. The summed E-state index contributed by atoms with van der Waals surface area (Å²) >= 11 is -1.65. The summed E-state index contributed by atoms with van der Waals surface area (Å²) in [5, 5.41) is 22.6. The fraction of sp³-hybridized carbons (Fsp3) is 0.750. The van der Waals surface area contributed by atoms with Crippen LogP contribution in [0.2, 0.25) is 0 Å². The van der Waals surface area contributed by atoms with Gasteiger partial charge >= 0.3 is 97.1 Å². The second-order valence-corrected chi connectivity index (χ2v) is 14.6. The second kappa shape index (κ2) is 29.7. The van der Waals surface area contributed by atoms with Crippen molar-refractivity contribution in [1.82, 2.24) is 42.5 Å². The van der Waals surface area contributed by atoms with E-state index in [0.717, 1.165) is 0 Å². The summed E-state index contributed by atoms with van der Waals surface area (Å²) in [6.45, 7) is 6.18. The molecule has 12 nitrogen and oxygen atoms in total. The zero-order valence-corrected chi connectivity index (χ0v) is 27.4. The fourth-order valence-electron chi connectivity index (χ4n) is 2.23. The summed E-state index contributed by atoms with van der Waals surface area (Å²) < 4.78 is 0. The summed E-state index contributed by atoms with van der Waals surface area (Å²) in [5.41, 5.74) is 0. The van der Waals surface area contributed by atoms with E-state index in [1.807, 2.05) is 0 Å². The maximum atomic E-state index is 11.6. The van der Waals surface area contributed by atoms with Gasteiger partial charge in [0.05, 0.1) is 0 Å². The topological polar surface area (TPSA) is 165 Å². The Morgan fingerprint density at radius 2 is 0.529 bits per heavy atom. The summed E-state index contributed by atoms with van der Waals surface area (Å²) in [6, 6.07) is 0. The molecule has 1 saturated heterocycles. The second-order valence-electron chi connectivity index (χ2n) is 6.17. The Kier molecular flexibility index (Phi) is 32.0. The van der Waals surface area contributed by atoms with E-state index in [1.54, 1.807) is 0 Å². The summed E-state index contributed by atoms with van der Waals surface area (Å²) in [4.78, 5) is 46.5. The number of carbonyl (C=O) groups excluding carboxylic acids is 4. The van der Waals surface area contributed by atoms with E-state index in [2.05, 4.69) is 42.5 Å². The maximum absolute atomic E-state index is 11.6. The first kappa shape index (κ1) is 36.6. The van der Waals surface area contributed by atoms with Gasteiger partial charge in [-0.1, -0.05) is 0 Å². The average molecular weight is 780 g/mol. The van der Waals surface area contributed by atoms with Crippen LogP contribution in [0.4, 0.5) is 0 Å². The van der Waals surface area contributed by atoms with E-state index in [0.29, 0.717) is 78.5 Å².